The van der Waals surface area contributed by atoms with Gasteiger partial charge in [-0.3, -0.25) is 9.55 Å². The number of hydrogen-bond acceptors (Lipinski definition) is 4. The molecule has 0 amide bonds. The number of halogens is 1. The lowest BCUT2D eigenvalue weighted by atomic mass is 10.2. The fourth-order valence-corrected chi connectivity index (χ4v) is 3.47. The predicted molar refractivity (Wildman–Crippen MR) is 109 cm³/mol. The van der Waals surface area contributed by atoms with Crippen LogP contribution in [0.15, 0.2) is 84.1 Å². The Labute approximate surface area is 167 Å². The highest BCUT2D eigenvalue weighted by Crippen LogP contribution is 2.28. The molecule has 2 N–H and O–H groups in total. The van der Waals surface area contributed by atoms with Crippen LogP contribution in [0.3, 0.4) is 0 Å². The topological polar surface area (TPSA) is 90.9 Å². The molecule has 0 atom stereocenters. The zero-order valence-electron chi connectivity index (χ0n) is 14.5. The average molecular weight is 411 g/mol. The van der Waals surface area contributed by atoms with Gasteiger partial charge in [0.1, 0.15) is 5.82 Å². The molecule has 0 saturated heterocycles. The van der Waals surface area contributed by atoms with Gasteiger partial charge in [0.15, 0.2) is 0 Å². The van der Waals surface area contributed by atoms with Crippen molar-refractivity contribution in [3.05, 3.63) is 84.3 Å². The SMILES string of the molecule is NS(=O)(=O)c1ccc(-c2nc(-c3cccnc3)cn2-c2ccc(Cl)cc2)cc1. The van der Waals surface area contributed by atoms with Gasteiger partial charge < -0.3 is 0 Å². The number of aromatic nitrogens is 3. The van der Waals surface area contributed by atoms with E-state index in [9.17, 15) is 8.42 Å². The second kappa shape index (κ2) is 7.20. The number of nitrogens with zero attached hydrogens (tertiary/aromatic N) is 3. The molecule has 0 aliphatic rings. The first-order chi connectivity index (χ1) is 13.4. The van der Waals surface area contributed by atoms with Gasteiger partial charge in [-0.05, 0) is 60.7 Å². The lowest BCUT2D eigenvalue weighted by Crippen LogP contribution is -2.11. The molecule has 0 bridgehead atoms. The average Bonchev–Trinajstić information content (AvgIpc) is 3.14. The smallest absolute Gasteiger partial charge is 0.238 e. The Bertz CT molecular complexity index is 1220. The summed E-state index contributed by atoms with van der Waals surface area (Å²) in [6, 6.07) is 17.4. The van der Waals surface area contributed by atoms with E-state index in [4.69, 9.17) is 21.7 Å². The lowest BCUT2D eigenvalue weighted by Gasteiger charge is -2.08. The van der Waals surface area contributed by atoms with Crippen molar-refractivity contribution in [3.8, 4) is 28.3 Å². The first kappa shape index (κ1) is 18.4. The van der Waals surface area contributed by atoms with Crippen LogP contribution in [-0.4, -0.2) is 23.0 Å². The molecule has 4 aromatic rings. The number of hydrogen-bond donors (Lipinski definition) is 1. The Hall–Kier alpha value is -3.00. The summed E-state index contributed by atoms with van der Waals surface area (Å²) >= 11 is 6.02. The number of benzene rings is 2. The highest BCUT2D eigenvalue weighted by molar-refractivity contribution is 7.89. The summed E-state index contributed by atoms with van der Waals surface area (Å²) in [5, 5.41) is 5.83. The van der Waals surface area contributed by atoms with Crippen LogP contribution < -0.4 is 5.14 Å². The maximum atomic E-state index is 11.5. The van der Waals surface area contributed by atoms with E-state index in [-0.39, 0.29) is 4.90 Å². The van der Waals surface area contributed by atoms with Crippen LogP contribution in [0.2, 0.25) is 5.02 Å². The van der Waals surface area contributed by atoms with Crippen LogP contribution in [0.5, 0.6) is 0 Å². The molecule has 140 valence electrons. The van der Waals surface area contributed by atoms with Crippen molar-refractivity contribution in [2.75, 3.05) is 0 Å². The molecule has 0 unspecified atom stereocenters. The quantitative estimate of drug-likeness (QED) is 0.552. The first-order valence-corrected chi connectivity index (χ1v) is 10.2. The monoisotopic (exact) mass is 410 g/mol. The third kappa shape index (κ3) is 3.68. The van der Waals surface area contributed by atoms with Crippen molar-refractivity contribution < 1.29 is 8.42 Å². The van der Waals surface area contributed by atoms with Crippen LogP contribution >= 0.6 is 11.6 Å². The van der Waals surface area contributed by atoms with Crippen molar-refractivity contribution >= 4 is 21.6 Å². The number of sulfonamides is 1. The van der Waals surface area contributed by atoms with Crippen molar-refractivity contribution in [2.24, 2.45) is 5.14 Å². The minimum Gasteiger partial charge on any atom is -0.299 e. The third-order valence-electron chi connectivity index (χ3n) is 4.21. The molecule has 8 heteroatoms. The van der Waals surface area contributed by atoms with E-state index in [1.165, 1.54) is 12.1 Å². The first-order valence-electron chi connectivity index (χ1n) is 8.31. The molecular formula is C20H15ClN4O2S. The molecule has 2 aromatic heterocycles. The van der Waals surface area contributed by atoms with E-state index >= 15 is 0 Å². The summed E-state index contributed by atoms with van der Waals surface area (Å²) in [5.74, 6) is 0.655. The largest absolute Gasteiger partial charge is 0.299 e. The molecule has 0 aliphatic carbocycles. The second-order valence-corrected chi connectivity index (χ2v) is 8.11. The molecule has 2 aromatic carbocycles. The van der Waals surface area contributed by atoms with Crippen LogP contribution in [0.25, 0.3) is 28.3 Å². The van der Waals surface area contributed by atoms with Crippen molar-refractivity contribution in [1.82, 2.24) is 14.5 Å². The second-order valence-electron chi connectivity index (χ2n) is 6.11. The van der Waals surface area contributed by atoms with Gasteiger partial charge in [0, 0.05) is 40.4 Å². The van der Waals surface area contributed by atoms with E-state index in [0.29, 0.717) is 10.8 Å². The summed E-state index contributed by atoms with van der Waals surface area (Å²) < 4.78 is 25.0. The Kier molecular flexibility index (Phi) is 4.72. The molecule has 0 fully saturated rings. The van der Waals surface area contributed by atoms with Gasteiger partial charge in [-0.2, -0.15) is 0 Å². The molecule has 6 nitrogen and oxygen atoms in total. The number of imidazole rings is 1. The molecule has 0 saturated carbocycles. The number of pyridine rings is 1. The van der Waals surface area contributed by atoms with Crippen molar-refractivity contribution in [2.45, 2.75) is 4.90 Å². The number of primary sulfonamides is 1. The van der Waals surface area contributed by atoms with Gasteiger partial charge in [0.25, 0.3) is 0 Å². The minimum atomic E-state index is -3.76. The van der Waals surface area contributed by atoms with Crippen LogP contribution in [-0.2, 0) is 10.0 Å². The third-order valence-corrected chi connectivity index (χ3v) is 5.39. The standard InChI is InChI=1S/C20H15ClN4O2S/c21-16-5-7-17(8-6-16)25-13-19(15-2-1-11-23-12-15)24-20(25)14-3-9-18(10-4-14)28(22,26)27/h1-13H,(H2,22,26,27). The minimum absolute atomic E-state index is 0.0494. The molecule has 28 heavy (non-hydrogen) atoms. The summed E-state index contributed by atoms with van der Waals surface area (Å²) in [4.78, 5) is 8.95. The highest BCUT2D eigenvalue weighted by Gasteiger charge is 2.15. The lowest BCUT2D eigenvalue weighted by molar-refractivity contribution is 0.598. The van der Waals surface area contributed by atoms with E-state index in [0.717, 1.165) is 22.5 Å². The van der Waals surface area contributed by atoms with Crippen LogP contribution in [0.4, 0.5) is 0 Å². The summed E-state index contributed by atoms with van der Waals surface area (Å²) in [6.07, 6.45) is 5.35. The van der Waals surface area contributed by atoms with Gasteiger partial charge >= 0.3 is 0 Å². The summed E-state index contributed by atoms with van der Waals surface area (Å²) in [5.41, 5.74) is 3.24. The predicted octanol–water partition coefficient (Wildman–Crippen LogP) is 3.90. The highest BCUT2D eigenvalue weighted by atomic mass is 35.5. The molecule has 0 aliphatic heterocycles. The molecule has 0 spiro atoms. The Balaban J connectivity index is 1.87. The normalized spacial score (nSPS) is 11.5. The maximum absolute atomic E-state index is 11.5. The number of nitrogens with two attached hydrogens (primary N) is 1. The van der Waals surface area contributed by atoms with Gasteiger partial charge in [-0.1, -0.05) is 11.6 Å². The Morgan fingerprint density at radius 3 is 2.25 bits per heavy atom. The van der Waals surface area contributed by atoms with E-state index in [1.807, 2.05) is 35.0 Å². The van der Waals surface area contributed by atoms with Crippen molar-refractivity contribution in [1.29, 1.82) is 0 Å². The molecule has 2 heterocycles. The Morgan fingerprint density at radius 2 is 1.64 bits per heavy atom. The zero-order valence-corrected chi connectivity index (χ0v) is 16.1. The molecule has 4 rings (SSSR count). The fraction of sp³-hybridized carbons (Fsp3) is 0. The molecular weight excluding hydrogens is 396 g/mol. The summed E-state index contributed by atoms with van der Waals surface area (Å²) in [7, 11) is -3.76. The fourth-order valence-electron chi connectivity index (χ4n) is 2.83. The van der Waals surface area contributed by atoms with Crippen LogP contribution in [0, 0.1) is 0 Å². The number of rotatable bonds is 4. The van der Waals surface area contributed by atoms with Gasteiger partial charge in [-0.25, -0.2) is 18.5 Å². The zero-order chi connectivity index (χ0) is 19.7. The van der Waals surface area contributed by atoms with E-state index in [1.54, 1.807) is 36.7 Å². The van der Waals surface area contributed by atoms with Gasteiger partial charge in [-0.15, -0.1) is 0 Å². The summed E-state index contributed by atoms with van der Waals surface area (Å²) in [6.45, 7) is 0. The molecule has 0 radical (unpaired) electrons. The van der Waals surface area contributed by atoms with Crippen molar-refractivity contribution in [3.63, 3.8) is 0 Å². The van der Waals surface area contributed by atoms with E-state index in [2.05, 4.69) is 4.98 Å². The Morgan fingerprint density at radius 1 is 0.929 bits per heavy atom. The maximum Gasteiger partial charge on any atom is 0.238 e. The van der Waals surface area contributed by atoms with E-state index < -0.39 is 10.0 Å². The van der Waals surface area contributed by atoms with Crippen LogP contribution in [0.1, 0.15) is 0 Å². The van der Waals surface area contributed by atoms with Gasteiger partial charge in [0.2, 0.25) is 10.0 Å². The van der Waals surface area contributed by atoms with Gasteiger partial charge in [0.05, 0.1) is 10.6 Å².